The lowest BCUT2D eigenvalue weighted by Crippen LogP contribution is -2.46. The van der Waals surface area contributed by atoms with E-state index >= 15 is 0 Å². The van der Waals surface area contributed by atoms with Crippen LogP contribution in [0.2, 0.25) is 0 Å². The minimum Gasteiger partial charge on any atom is -0.473 e. The van der Waals surface area contributed by atoms with E-state index < -0.39 is 0 Å². The summed E-state index contributed by atoms with van der Waals surface area (Å²) in [6.07, 6.45) is -0.353. The van der Waals surface area contributed by atoms with E-state index in [9.17, 15) is 0 Å². The smallest absolute Gasteiger partial charge is 0.167 e. The van der Waals surface area contributed by atoms with E-state index in [-0.39, 0.29) is 12.0 Å². The fourth-order valence-electron chi connectivity index (χ4n) is 1.34. The van der Waals surface area contributed by atoms with E-state index in [1.54, 1.807) is 0 Å². The van der Waals surface area contributed by atoms with Crippen molar-refractivity contribution in [3.05, 3.63) is 23.8 Å². The molecule has 3 atom stereocenters. The van der Waals surface area contributed by atoms with Gasteiger partial charge in [0.25, 0.3) is 0 Å². The van der Waals surface area contributed by atoms with E-state index in [0.29, 0.717) is 8.58 Å². The molecular formula is C9H13N2OP. The first-order valence-corrected chi connectivity index (χ1v) is 5.29. The lowest BCUT2D eigenvalue weighted by atomic mass is 10.2. The van der Waals surface area contributed by atoms with Gasteiger partial charge >= 0.3 is 0 Å². The molecule has 1 heterocycles. The van der Waals surface area contributed by atoms with Gasteiger partial charge in [-0.3, -0.25) is 5.73 Å². The average Bonchev–Trinajstić information content (AvgIpc) is 2.08. The minimum absolute atomic E-state index is 0.0608. The van der Waals surface area contributed by atoms with Crippen LogP contribution in [0.1, 0.15) is 5.56 Å². The number of ether oxygens (including phenoxy) is 1. The molecule has 0 aromatic heterocycles. The molecule has 0 amide bonds. The molecule has 13 heavy (non-hydrogen) atoms. The standard InChI is InChI=1S/C9H13N2OP/c1-5-2-3-6-7(4-5)13-9(11)8(10)12-6/h2-4,8-9,13H,10-11H2,1H3. The summed E-state index contributed by atoms with van der Waals surface area (Å²) in [5, 5.41) is 1.19. The van der Waals surface area contributed by atoms with E-state index in [1.165, 1.54) is 10.9 Å². The van der Waals surface area contributed by atoms with Gasteiger partial charge in [0.05, 0.1) is 5.78 Å². The summed E-state index contributed by atoms with van der Waals surface area (Å²) in [6.45, 7) is 2.06. The van der Waals surface area contributed by atoms with Gasteiger partial charge in [-0.25, -0.2) is 0 Å². The van der Waals surface area contributed by atoms with Gasteiger partial charge in [-0.05, 0) is 19.1 Å². The first kappa shape index (κ1) is 8.95. The van der Waals surface area contributed by atoms with Crippen molar-refractivity contribution in [2.45, 2.75) is 18.9 Å². The topological polar surface area (TPSA) is 61.3 Å². The van der Waals surface area contributed by atoms with Crippen molar-refractivity contribution in [3.63, 3.8) is 0 Å². The molecule has 0 fully saturated rings. The Bertz CT molecular complexity index is 329. The Morgan fingerprint density at radius 1 is 1.38 bits per heavy atom. The number of benzene rings is 1. The van der Waals surface area contributed by atoms with Crippen LogP contribution in [0.3, 0.4) is 0 Å². The number of fused-ring (bicyclic) bond motifs is 1. The molecule has 0 saturated heterocycles. The third kappa shape index (κ3) is 1.68. The lowest BCUT2D eigenvalue weighted by Gasteiger charge is -2.28. The number of aryl methyl sites for hydroxylation is 1. The van der Waals surface area contributed by atoms with Crippen LogP contribution in [-0.2, 0) is 0 Å². The van der Waals surface area contributed by atoms with Gasteiger partial charge in [-0.1, -0.05) is 20.2 Å². The van der Waals surface area contributed by atoms with Crippen LogP contribution in [0.4, 0.5) is 0 Å². The molecule has 0 saturated carbocycles. The molecular weight excluding hydrogens is 183 g/mol. The highest BCUT2D eigenvalue weighted by Crippen LogP contribution is 2.29. The van der Waals surface area contributed by atoms with E-state index in [1.807, 2.05) is 12.1 Å². The predicted octanol–water partition coefficient (Wildman–Crippen LogP) is 0.261. The Labute approximate surface area is 79.2 Å². The van der Waals surface area contributed by atoms with Crippen LogP contribution in [0.15, 0.2) is 18.2 Å². The summed E-state index contributed by atoms with van der Waals surface area (Å²) in [5.74, 6) is 0.826. The Kier molecular flexibility index (Phi) is 2.24. The van der Waals surface area contributed by atoms with Gasteiger partial charge in [-0.15, -0.1) is 0 Å². The third-order valence-electron chi connectivity index (χ3n) is 2.07. The van der Waals surface area contributed by atoms with Gasteiger partial charge in [0.1, 0.15) is 5.75 Å². The maximum atomic E-state index is 5.81. The van der Waals surface area contributed by atoms with Crippen LogP contribution in [-0.4, -0.2) is 12.0 Å². The van der Waals surface area contributed by atoms with Gasteiger partial charge in [0, 0.05) is 5.30 Å². The van der Waals surface area contributed by atoms with Crippen LogP contribution < -0.4 is 21.5 Å². The fraction of sp³-hybridized carbons (Fsp3) is 0.333. The van der Waals surface area contributed by atoms with Gasteiger partial charge in [-0.2, -0.15) is 0 Å². The number of rotatable bonds is 0. The SMILES string of the molecule is Cc1ccc2c(c1)PC(N)C(N)O2. The average molecular weight is 196 g/mol. The highest BCUT2D eigenvalue weighted by Gasteiger charge is 2.23. The van der Waals surface area contributed by atoms with Crippen molar-refractivity contribution in [1.29, 1.82) is 0 Å². The van der Waals surface area contributed by atoms with Gasteiger partial charge in [0.2, 0.25) is 0 Å². The van der Waals surface area contributed by atoms with Crippen molar-refractivity contribution in [1.82, 2.24) is 0 Å². The summed E-state index contributed by atoms with van der Waals surface area (Å²) in [6, 6.07) is 6.09. The maximum Gasteiger partial charge on any atom is 0.167 e. The molecule has 0 aliphatic carbocycles. The highest BCUT2D eigenvalue weighted by molar-refractivity contribution is 7.48. The molecule has 0 spiro atoms. The number of nitrogens with two attached hydrogens (primary N) is 2. The molecule has 0 radical (unpaired) electrons. The first-order chi connectivity index (χ1) is 6.16. The summed E-state index contributed by atoms with van der Waals surface area (Å²) in [5.41, 5.74) is 12.7. The molecule has 2 rings (SSSR count). The summed E-state index contributed by atoms with van der Waals surface area (Å²) >= 11 is 0. The molecule has 70 valence electrons. The van der Waals surface area contributed by atoms with Crippen molar-refractivity contribution in [3.8, 4) is 5.75 Å². The van der Waals surface area contributed by atoms with E-state index in [0.717, 1.165) is 5.75 Å². The summed E-state index contributed by atoms with van der Waals surface area (Å²) in [4.78, 5) is 0. The number of hydrogen-bond donors (Lipinski definition) is 2. The predicted molar refractivity (Wildman–Crippen MR) is 55.7 cm³/mol. The summed E-state index contributed by atoms with van der Waals surface area (Å²) < 4.78 is 5.46. The zero-order chi connectivity index (χ0) is 9.42. The molecule has 0 bridgehead atoms. The second-order valence-electron chi connectivity index (χ2n) is 3.25. The van der Waals surface area contributed by atoms with Crippen LogP contribution in [0, 0.1) is 6.92 Å². The minimum atomic E-state index is -0.353. The molecule has 3 nitrogen and oxygen atoms in total. The molecule has 3 unspecified atom stereocenters. The lowest BCUT2D eigenvalue weighted by molar-refractivity contribution is 0.204. The van der Waals surface area contributed by atoms with E-state index in [4.69, 9.17) is 16.2 Å². The van der Waals surface area contributed by atoms with Crippen molar-refractivity contribution in [2.75, 3.05) is 0 Å². The Morgan fingerprint density at radius 2 is 2.15 bits per heavy atom. The van der Waals surface area contributed by atoms with Crippen LogP contribution >= 0.6 is 8.58 Å². The number of hydrogen-bond acceptors (Lipinski definition) is 3. The zero-order valence-electron chi connectivity index (χ0n) is 7.45. The zero-order valence-corrected chi connectivity index (χ0v) is 8.45. The second-order valence-corrected chi connectivity index (χ2v) is 4.75. The Morgan fingerprint density at radius 3 is 2.92 bits per heavy atom. The first-order valence-electron chi connectivity index (χ1n) is 4.22. The highest BCUT2D eigenvalue weighted by atomic mass is 31.1. The largest absolute Gasteiger partial charge is 0.473 e. The Hall–Kier alpha value is -0.630. The fourth-order valence-corrected chi connectivity index (χ4v) is 2.53. The van der Waals surface area contributed by atoms with Gasteiger partial charge in [0.15, 0.2) is 6.23 Å². The van der Waals surface area contributed by atoms with Crippen LogP contribution in [0.25, 0.3) is 0 Å². The van der Waals surface area contributed by atoms with E-state index in [2.05, 4.69) is 13.0 Å². The Balaban J connectivity index is 2.37. The normalized spacial score (nSPS) is 28.2. The molecule has 1 aliphatic rings. The molecule has 4 N–H and O–H groups in total. The van der Waals surface area contributed by atoms with Gasteiger partial charge < -0.3 is 10.5 Å². The summed E-state index contributed by atoms with van der Waals surface area (Å²) in [7, 11) is 0.551. The van der Waals surface area contributed by atoms with Crippen LogP contribution in [0.5, 0.6) is 5.75 Å². The van der Waals surface area contributed by atoms with Crippen molar-refractivity contribution in [2.24, 2.45) is 11.5 Å². The quantitative estimate of drug-likeness (QED) is 0.585. The van der Waals surface area contributed by atoms with Crippen molar-refractivity contribution < 1.29 is 4.74 Å². The monoisotopic (exact) mass is 196 g/mol. The van der Waals surface area contributed by atoms with Crippen molar-refractivity contribution >= 4 is 13.9 Å². The molecule has 1 aliphatic heterocycles. The molecule has 4 heteroatoms. The third-order valence-corrected chi connectivity index (χ3v) is 3.44. The molecule has 1 aromatic rings. The maximum absolute atomic E-state index is 5.81. The molecule has 1 aromatic carbocycles. The second kappa shape index (κ2) is 3.26.